The average Bonchev–Trinajstić information content (AvgIpc) is 3.56. The van der Waals surface area contributed by atoms with Crippen molar-refractivity contribution in [2.75, 3.05) is 47.3 Å². The highest BCUT2D eigenvalue weighted by molar-refractivity contribution is 8.32. The van der Waals surface area contributed by atoms with Crippen molar-refractivity contribution < 1.29 is 4.39 Å². The van der Waals surface area contributed by atoms with Crippen molar-refractivity contribution in [2.45, 2.75) is 9.79 Å². The predicted molar refractivity (Wildman–Crippen MR) is 346 cm³/mol. The van der Waals surface area contributed by atoms with Crippen molar-refractivity contribution in [3.63, 3.8) is 0 Å². The summed E-state index contributed by atoms with van der Waals surface area (Å²) in [5.74, 6) is -0.293. The number of anilines is 6. The fourth-order valence-corrected chi connectivity index (χ4v) is 14.5. The van der Waals surface area contributed by atoms with Crippen LogP contribution in [0.3, 0.4) is 0 Å². The van der Waals surface area contributed by atoms with Gasteiger partial charge in [0.2, 0.25) is 0 Å². The van der Waals surface area contributed by atoms with Gasteiger partial charge in [-0.1, -0.05) is 176 Å². The Balaban J connectivity index is 1.03. The Hall–Kier alpha value is -8.61. The zero-order valence-electron chi connectivity index (χ0n) is 45.4. The van der Waals surface area contributed by atoms with Crippen molar-refractivity contribution in [1.82, 2.24) is 0 Å². The number of para-hydroxylation sites is 3. The van der Waals surface area contributed by atoms with E-state index < -0.39 is 20.1 Å². The highest BCUT2D eigenvalue weighted by atomic mass is 32.3. The molecule has 0 heterocycles. The van der Waals surface area contributed by atoms with Gasteiger partial charge in [-0.2, -0.15) is 0 Å². The third-order valence-corrected chi connectivity index (χ3v) is 18.8. The quantitative estimate of drug-likeness (QED) is 0.0889. The Morgan fingerprint density at radius 2 is 0.658 bits per heavy atom. The van der Waals surface area contributed by atoms with E-state index in [1.807, 2.05) is 66.7 Å². The van der Waals surface area contributed by atoms with E-state index in [2.05, 4.69) is 235 Å². The van der Waals surface area contributed by atoms with Crippen LogP contribution in [0.15, 0.2) is 271 Å². The molecule has 13 rings (SSSR count). The molecule has 0 saturated carbocycles. The van der Waals surface area contributed by atoms with Crippen molar-refractivity contribution in [3.8, 4) is 44.5 Å². The molecule has 0 N–H and O–H groups in total. The Morgan fingerprint density at radius 3 is 1.19 bits per heavy atom. The third kappa shape index (κ3) is 8.97. The Morgan fingerprint density at radius 1 is 0.266 bits per heavy atom. The van der Waals surface area contributed by atoms with Crippen LogP contribution in [0, 0.1) is 5.82 Å². The summed E-state index contributed by atoms with van der Waals surface area (Å²) in [6.07, 6.45) is 14.6. The van der Waals surface area contributed by atoms with E-state index in [4.69, 9.17) is 0 Å². The molecule has 13 aromatic carbocycles. The van der Waals surface area contributed by atoms with Crippen LogP contribution < -0.4 is 9.80 Å². The van der Waals surface area contributed by atoms with Gasteiger partial charge in [0.05, 0.1) is 5.69 Å². The number of rotatable bonds is 12. The summed E-state index contributed by atoms with van der Waals surface area (Å²) in [4.78, 5) is 7.22. The van der Waals surface area contributed by atoms with E-state index >= 15 is 4.39 Å². The van der Waals surface area contributed by atoms with Crippen LogP contribution in [-0.2, 0) is 0 Å². The molecule has 0 aliphatic heterocycles. The minimum Gasteiger partial charge on any atom is -0.311 e. The van der Waals surface area contributed by atoms with Crippen LogP contribution >= 0.6 is 20.1 Å². The minimum atomic E-state index is -1.31. The molecule has 386 valence electrons. The Labute approximate surface area is 467 Å². The molecule has 0 bridgehead atoms. The maximum atomic E-state index is 17.5. The number of benzene rings is 13. The first-order valence-electron chi connectivity index (χ1n) is 26.9. The van der Waals surface area contributed by atoms with Gasteiger partial charge in [0, 0.05) is 39.4 Å². The molecule has 0 saturated heterocycles. The Kier molecular flexibility index (Phi) is 12.6. The van der Waals surface area contributed by atoms with E-state index in [-0.39, 0.29) is 5.82 Å². The molecular formula is C74H61FN2S2. The lowest BCUT2D eigenvalue weighted by atomic mass is 9.83. The Bertz CT molecular complexity index is 4310. The van der Waals surface area contributed by atoms with Crippen molar-refractivity contribution in [3.05, 3.63) is 267 Å². The van der Waals surface area contributed by atoms with E-state index in [9.17, 15) is 0 Å². The largest absolute Gasteiger partial charge is 0.311 e. The summed E-state index contributed by atoms with van der Waals surface area (Å²) < 4.78 is 17.5. The van der Waals surface area contributed by atoms with Gasteiger partial charge < -0.3 is 9.80 Å². The lowest BCUT2D eigenvalue weighted by molar-refractivity contribution is 0.630. The van der Waals surface area contributed by atoms with Crippen LogP contribution in [0.1, 0.15) is 0 Å². The monoisotopic (exact) mass is 1060 g/mol. The fraction of sp³-hybridized carbons (Fsp3) is 0.0811. The van der Waals surface area contributed by atoms with Gasteiger partial charge in [0.1, 0.15) is 5.82 Å². The zero-order chi connectivity index (χ0) is 54.0. The first-order chi connectivity index (χ1) is 38.4. The van der Waals surface area contributed by atoms with Crippen LogP contribution in [0.4, 0.5) is 38.5 Å². The molecule has 0 aromatic heterocycles. The smallest absolute Gasteiger partial charge is 0.148 e. The van der Waals surface area contributed by atoms with Gasteiger partial charge in [-0.15, -0.1) is 0 Å². The van der Waals surface area contributed by atoms with Gasteiger partial charge in [-0.05, 0) is 209 Å². The van der Waals surface area contributed by atoms with Crippen LogP contribution in [0.5, 0.6) is 0 Å². The molecule has 0 aliphatic rings. The van der Waals surface area contributed by atoms with E-state index in [1.54, 1.807) is 6.07 Å². The summed E-state index contributed by atoms with van der Waals surface area (Å²) in [7, 11) is -2.55. The van der Waals surface area contributed by atoms with Crippen LogP contribution in [-0.4, -0.2) is 37.5 Å². The van der Waals surface area contributed by atoms with Gasteiger partial charge in [0.15, 0.2) is 0 Å². The van der Waals surface area contributed by atoms with Crippen LogP contribution in [0.25, 0.3) is 87.6 Å². The maximum Gasteiger partial charge on any atom is 0.148 e. The van der Waals surface area contributed by atoms with E-state index in [1.165, 1.54) is 69.6 Å². The summed E-state index contributed by atoms with van der Waals surface area (Å²) in [5, 5.41) is 10.4. The van der Waals surface area contributed by atoms with E-state index in [0.29, 0.717) is 5.69 Å². The summed E-state index contributed by atoms with van der Waals surface area (Å²) >= 11 is 0. The first kappa shape index (κ1) is 49.9. The fourth-order valence-electron chi connectivity index (χ4n) is 11.9. The third-order valence-electron chi connectivity index (χ3n) is 15.5. The second-order valence-electron chi connectivity index (χ2n) is 22.1. The molecule has 0 spiro atoms. The second-order valence-corrected chi connectivity index (χ2v) is 30.3. The molecule has 2 nitrogen and oxygen atoms in total. The van der Waals surface area contributed by atoms with E-state index in [0.717, 1.165) is 56.3 Å². The SMILES string of the molecule is CS(C)(C)c1cc(-c2ccc(N(c3ccccc3)c3ccccc3)cc2)c2c3ccccc3c3c(S(C)(C)C)cc(-c4ccc(N(c5ccccc5)c5c(F)cc(-c6ccccc6)cc5-c5ccccc5)cc4)c4ccc1c2c43. The van der Waals surface area contributed by atoms with Crippen molar-refractivity contribution in [2.24, 2.45) is 0 Å². The van der Waals surface area contributed by atoms with Crippen LogP contribution in [0.2, 0.25) is 0 Å². The molecule has 5 heteroatoms. The molecule has 0 aliphatic carbocycles. The maximum absolute atomic E-state index is 17.5. The minimum absolute atomic E-state index is 0.293. The average molecular weight is 1060 g/mol. The molecule has 0 unspecified atom stereocenters. The molecule has 79 heavy (non-hydrogen) atoms. The summed E-state index contributed by atoms with van der Waals surface area (Å²) in [5.41, 5.74) is 13.9. The number of halogens is 1. The number of fused-ring (bicyclic) bond motifs is 3. The standard InChI is InChI=1S/C74H61FN2S2/c1-78(2,3)68-49-65(53-38-40-58(41-39-53)76(55-28-16-9-17-29-55)56-30-18-10-19-31-56)70-60-34-22-23-35-61(60)71-69(79(4,5)6)48-64(62-44-45-63(68)73(70)72(62)71)52-36-42-59(43-37-52)77(57-32-20-11-21-33-57)74-66(51-26-14-8-15-27-51)46-54(47-67(74)75)50-24-12-7-13-25-50/h7-49H,1-6H3. The number of nitrogens with zero attached hydrogens (tertiary/aromatic N) is 2. The topological polar surface area (TPSA) is 6.48 Å². The van der Waals surface area contributed by atoms with Crippen molar-refractivity contribution >= 4 is 97.3 Å². The normalized spacial score (nSPS) is 12.4. The lowest BCUT2D eigenvalue weighted by Gasteiger charge is -2.33. The zero-order valence-corrected chi connectivity index (χ0v) is 47.0. The number of hydrogen-bond donors (Lipinski definition) is 0. The highest BCUT2D eigenvalue weighted by Gasteiger charge is 2.28. The summed E-state index contributed by atoms with van der Waals surface area (Å²) in [6.45, 7) is 0. The predicted octanol–water partition coefficient (Wildman–Crippen LogP) is 21.6. The molecule has 0 radical (unpaired) electrons. The first-order valence-corrected chi connectivity index (χ1v) is 32.6. The highest BCUT2D eigenvalue weighted by Crippen LogP contribution is 2.59. The lowest BCUT2D eigenvalue weighted by Crippen LogP contribution is -2.13. The molecular weight excluding hydrogens is 1000 g/mol. The molecule has 0 amide bonds. The van der Waals surface area contributed by atoms with Gasteiger partial charge in [-0.3, -0.25) is 0 Å². The van der Waals surface area contributed by atoms with Gasteiger partial charge in [0.25, 0.3) is 0 Å². The van der Waals surface area contributed by atoms with Gasteiger partial charge >= 0.3 is 0 Å². The molecule has 0 atom stereocenters. The van der Waals surface area contributed by atoms with Crippen molar-refractivity contribution in [1.29, 1.82) is 0 Å². The molecule has 0 fully saturated rings. The summed E-state index contributed by atoms with van der Waals surface area (Å²) in [6, 6.07) is 92.7. The molecule has 13 aromatic rings. The van der Waals surface area contributed by atoms with Gasteiger partial charge in [-0.25, -0.2) is 24.4 Å². The second kappa shape index (κ2) is 20.0. The number of hydrogen-bond acceptors (Lipinski definition) is 2.